The van der Waals surface area contributed by atoms with Gasteiger partial charge in [-0.15, -0.1) is 0 Å². The Bertz CT molecular complexity index is 149. The van der Waals surface area contributed by atoms with Crippen LogP contribution in [0.25, 0.3) is 0 Å². The number of hydrogen-bond acceptors (Lipinski definition) is 2. The van der Waals surface area contributed by atoms with Crippen LogP contribution in [0.4, 0.5) is 0 Å². The summed E-state index contributed by atoms with van der Waals surface area (Å²) in [5.41, 5.74) is 0.271. The highest BCUT2D eigenvalue weighted by Crippen LogP contribution is 2.01. The van der Waals surface area contributed by atoms with E-state index < -0.39 is 0 Å². The van der Waals surface area contributed by atoms with E-state index in [9.17, 15) is 0 Å². The van der Waals surface area contributed by atoms with Crippen LogP contribution in [0.5, 0.6) is 0 Å². The summed E-state index contributed by atoms with van der Waals surface area (Å²) in [6.07, 6.45) is 6.65. The largest absolute Gasteiger partial charge is 0.312 e. The molecule has 0 atom stereocenters. The number of unbranched alkanes of at least 4 members (excludes halogenated alkanes) is 3. The highest BCUT2D eigenvalue weighted by atomic mass is 15.1. The van der Waals surface area contributed by atoms with Gasteiger partial charge in [-0.25, -0.2) is 0 Å². The molecule has 1 N–H and O–H groups in total. The maximum atomic E-state index is 3.53. The van der Waals surface area contributed by atoms with Crippen LogP contribution in [0.2, 0.25) is 0 Å². The van der Waals surface area contributed by atoms with Crippen LogP contribution in [-0.4, -0.2) is 37.1 Å². The van der Waals surface area contributed by atoms with Crippen molar-refractivity contribution in [1.82, 2.24) is 10.2 Å². The molecule has 2 heteroatoms. The van der Waals surface area contributed by atoms with Crippen molar-refractivity contribution in [3.63, 3.8) is 0 Å². The van der Waals surface area contributed by atoms with Crippen molar-refractivity contribution < 1.29 is 0 Å². The quantitative estimate of drug-likeness (QED) is 0.609. The predicted molar refractivity (Wildman–Crippen MR) is 74.0 cm³/mol. The molecular weight excluding hydrogens is 196 g/mol. The molecule has 0 heterocycles. The van der Waals surface area contributed by atoms with Crippen LogP contribution < -0.4 is 5.32 Å². The molecule has 0 aromatic rings. The van der Waals surface area contributed by atoms with Crippen LogP contribution in [0, 0.1) is 0 Å². The van der Waals surface area contributed by atoms with Gasteiger partial charge in [-0.2, -0.15) is 0 Å². The monoisotopic (exact) mass is 228 g/mol. The van der Waals surface area contributed by atoms with Gasteiger partial charge in [0.25, 0.3) is 0 Å². The lowest BCUT2D eigenvalue weighted by Gasteiger charge is -2.21. The van der Waals surface area contributed by atoms with Crippen LogP contribution in [-0.2, 0) is 0 Å². The zero-order chi connectivity index (χ0) is 12.4. The Morgan fingerprint density at radius 2 is 1.50 bits per heavy atom. The second-order valence-corrected chi connectivity index (χ2v) is 5.89. The Kier molecular flexibility index (Phi) is 8.96. The Hall–Kier alpha value is -0.0800. The second kappa shape index (κ2) is 9.00. The summed E-state index contributed by atoms with van der Waals surface area (Å²) < 4.78 is 0. The molecule has 0 aromatic carbocycles. The normalized spacial score (nSPS) is 12.4. The van der Waals surface area contributed by atoms with Crippen molar-refractivity contribution in [1.29, 1.82) is 0 Å². The molecule has 0 aliphatic carbocycles. The third-order valence-corrected chi connectivity index (χ3v) is 2.77. The van der Waals surface area contributed by atoms with Gasteiger partial charge in [0.1, 0.15) is 0 Å². The maximum absolute atomic E-state index is 3.53. The molecule has 0 amide bonds. The van der Waals surface area contributed by atoms with Gasteiger partial charge in [-0.1, -0.05) is 19.8 Å². The standard InChI is InChI=1S/C14H32N2/c1-6-7-9-12-16(5)13-10-8-11-15-14(2,3)4/h15H,6-13H2,1-5H3. The third kappa shape index (κ3) is 12.0. The van der Waals surface area contributed by atoms with Crippen LogP contribution in [0.1, 0.15) is 59.8 Å². The highest BCUT2D eigenvalue weighted by molar-refractivity contribution is 4.69. The van der Waals surface area contributed by atoms with E-state index in [1.165, 1.54) is 45.2 Å². The second-order valence-electron chi connectivity index (χ2n) is 5.89. The van der Waals surface area contributed by atoms with E-state index in [1.54, 1.807) is 0 Å². The van der Waals surface area contributed by atoms with E-state index in [1.807, 2.05) is 0 Å². The van der Waals surface area contributed by atoms with Crippen LogP contribution in [0.3, 0.4) is 0 Å². The van der Waals surface area contributed by atoms with Gasteiger partial charge in [0.2, 0.25) is 0 Å². The maximum Gasteiger partial charge on any atom is 0.00965 e. The van der Waals surface area contributed by atoms with E-state index in [0.29, 0.717) is 0 Å². The van der Waals surface area contributed by atoms with Crippen LogP contribution in [0.15, 0.2) is 0 Å². The predicted octanol–water partition coefficient (Wildman–Crippen LogP) is 3.28. The summed E-state index contributed by atoms with van der Waals surface area (Å²) in [6, 6.07) is 0. The Morgan fingerprint density at radius 1 is 0.938 bits per heavy atom. The molecule has 0 bridgehead atoms. The van der Waals surface area contributed by atoms with E-state index in [0.717, 1.165) is 6.54 Å². The molecule has 0 saturated heterocycles. The average Bonchev–Trinajstić information content (AvgIpc) is 2.16. The summed E-state index contributed by atoms with van der Waals surface area (Å²) in [5, 5.41) is 3.53. The topological polar surface area (TPSA) is 15.3 Å². The molecule has 0 fully saturated rings. The molecule has 0 saturated carbocycles. The number of nitrogens with one attached hydrogen (secondary N) is 1. The van der Waals surface area contributed by atoms with Crippen molar-refractivity contribution in [2.45, 2.75) is 65.3 Å². The first-order valence-corrected chi connectivity index (χ1v) is 6.89. The zero-order valence-electron chi connectivity index (χ0n) is 12.1. The highest BCUT2D eigenvalue weighted by Gasteiger charge is 2.07. The van der Waals surface area contributed by atoms with Crippen molar-refractivity contribution >= 4 is 0 Å². The molecule has 0 spiro atoms. The lowest BCUT2D eigenvalue weighted by Crippen LogP contribution is -2.36. The molecule has 2 nitrogen and oxygen atoms in total. The summed E-state index contributed by atoms with van der Waals surface area (Å²) >= 11 is 0. The Labute approximate surface area is 103 Å². The minimum atomic E-state index is 0.271. The number of rotatable bonds is 9. The molecule has 0 radical (unpaired) electrons. The minimum Gasteiger partial charge on any atom is -0.312 e. The van der Waals surface area contributed by atoms with E-state index in [4.69, 9.17) is 0 Å². The van der Waals surface area contributed by atoms with Gasteiger partial charge in [0, 0.05) is 5.54 Å². The van der Waals surface area contributed by atoms with E-state index in [-0.39, 0.29) is 5.54 Å². The first-order valence-electron chi connectivity index (χ1n) is 6.89. The first-order chi connectivity index (χ1) is 7.45. The van der Waals surface area contributed by atoms with Crippen molar-refractivity contribution in [2.75, 3.05) is 26.7 Å². The van der Waals surface area contributed by atoms with Crippen molar-refractivity contribution in [3.8, 4) is 0 Å². The fraction of sp³-hybridized carbons (Fsp3) is 1.00. The zero-order valence-corrected chi connectivity index (χ0v) is 12.1. The Morgan fingerprint density at radius 3 is 2.00 bits per heavy atom. The van der Waals surface area contributed by atoms with Crippen LogP contribution >= 0.6 is 0 Å². The minimum absolute atomic E-state index is 0.271. The lowest BCUT2D eigenvalue weighted by atomic mass is 10.1. The summed E-state index contributed by atoms with van der Waals surface area (Å²) in [4.78, 5) is 2.47. The fourth-order valence-electron chi connectivity index (χ4n) is 1.71. The Balaban J connectivity index is 3.24. The van der Waals surface area contributed by atoms with Crippen molar-refractivity contribution in [2.24, 2.45) is 0 Å². The van der Waals surface area contributed by atoms with Gasteiger partial charge in [0.15, 0.2) is 0 Å². The SMILES string of the molecule is CCCCCN(C)CCCCNC(C)(C)C. The molecule has 0 aliphatic heterocycles. The van der Waals surface area contributed by atoms with Crippen molar-refractivity contribution in [3.05, 3.63) is 0 Å². The molecule has 98 valence electrons. The summed E-state index contributed by atoms with van der Waals surface area (Å²) in [6.45, 7) is 12.6. The molecule has 0 unspecified atom stereocenters. The number of nitrogens with zero attached hydrogens (tertiary/aromatic N) is 1. The third-order valence-electron chi connectivity index (χ3n) is 2.77. The van der Waals surface area contributed by atoms with Gasteiger partial charge < -0.3 is 10.2 Å². The lowest BCUT2D eigenvalue weighted by molar-refractivity contribution is 0.313. The van der Waals surface area contributed by atoms with Gasteiger partial charge in [-0.3, -0.25) is 0 Å². The average molecular weight is 228 g/mol. The van der Waals surface area contributed by atoms with Gasteiger partial charge in [0.05, 0.1) is 0 Å². The first kappa shape index (κ1) is 15.9. The molecule has 16 heavy (non-hydrogen) atoms. The molecular formula is C14H32N2. The smallest absolute Gasteiger partial charge is 0.00965 e. The summed E-state index contributed by atoms with van der Waals surface area (Å²) in [7, 11) is 2.24. The number of hydrogen-bond donors (Lipinski definition) is 1. The van der Waals surface area contributed by atoms with E-state index in [2.05, 4.69) is 45.0 Å². The fourth-order valence-corrected chi connectivity index (χ4v) is 1.71. The van der Waals surface area contributed by atoms with Gasteiger partial charge in [-0.05, 0) is 66.7 Å². The van der Waals surface area contributed by atoms with E-state index >= 15 is 0 Å². The van der Waals surface area contributed by atoms with Gasteiger partial charge >= 0.3 is 0 Å². The summed E-state index contributed by atoms with van der Waals surface area (Å²) in [5.74, 6) is 0. The molecule has 0 rings (SSSR count). The molecule has 0 aromatic heterocycles. The molecule has 0 aliphatic rings.